The summed E-state index contributed by atoms with van der Waals surface area (Å²) in [5.41, 5.74) is 3.69. The van der Waals surface area contributed by atoms with Crippen LogP contribution in [0.15, 0.2) is 42.9 Å². The highest BCUT2D eigenvalue weighted by atomic mass is 32.1. The third kappa shape index (κ3) is 5.55. The predicted molar refractivity (Wildman–Crippen MR) is 158 cm³/mol. The number of anilines is 1. The Morgan fingerprint density at radius 1 is 0.976 bits per heavy atom. The first-order valence-corrected chi connectivity index (χ1v) is 13.8. The molecule has 13 heteroatoms. The van der Waals surface area contributed by atoms with Crippen molar-refractivity contribution >= 4 is 50.3 Å². The normalized spacial score (nSPS) is 12.7. The molecule has 216 valence electrons. The summed E-state index contributed by atoms with van der Waals surface area (Å²) < 4.78 is 21.8. The molecule has 2 aromatic carbocycles. The summed E-state index contributed by atoms with van der Waals surface area (Å²) in [7, 11) is 3.30. The van der Waals surface area contributed by atoms with E-state index in [0.717, 1.165) is 10.5 Å². The van der Waals surface area contributed by atoms with Crippen molar-refractivity contribution in [2.45, 2.75) is 39.8 Å². The van der Waals surface area contributed by atoms with Crippen molar-refractivity contribution in [2.24, 2.45) is 0 Å². The van der Waals surface area contributed by atoms with Crippen LogP contribution in [0.5, 0.6) is 5.75 Å². The Kier molecular flexibility index (Phi) is 7.69. The van der Waals surface area contributed by atoms with Crippen molar-refractivity contribution in [3.63, 3.8) is 0 Å². The number of aryl methyl sites for hydroxylation is 2. The molecule has 5 aromatic rings. The monoisotopic (exact) mass is 589 g/mol. The summed E-state index contributed by atoms with van der Waals surface area (Å²) in [6.07, 6.45) is 2.35. The molecule has 0 saturated carbocycles. The maximum Gasteiger partial charge on any atom is 0.412 e. The van der Waals surface area contributed by atoms with Crippen LogP contribution in [0.4, 0.5) is 14.9 Å². The van der Waals surface area contributed by atoms with Crippen LogP contribution in [0, 0.1) is 19.7 Å². The SMILES string of the molecule is Cc1cc(-c2nc3cc(F)c(O[C@@H](C)[C@@H](C)N(C(=O)O)c4cnc(C)nc4)cc3s2)c2ncc(C(=O)N(C)C)nc2c1. The number of amides is 2. The number of thiazole rings is 1. The van der Waals surface area contributed by atoms with Gasteiger partial charge in [-0.3, -0.25) is 14.7 Å². The summed E-state index contributed by atoms with van der Waals surface area (Å²) >= 11 is 1.34. The van der Waals surface area contributed by atoms with Crippen LogP contribution in [0.1, 0.15) is 35.7 Å². The molecular formula is C29H28FN7O4S. The lowest BCUT2D eigenvalue weighted by atomic mass is 10.1. The molecule has 0 radical (unpaired) electrons. The van der Waals surface area contributed by atoms with Gasteiger partial charge in [0.25, 0.3) is 5.91 Å². The summed E-state index contributed by atoms with van der Waals surface area (Å²) in [5, 5.41) is 10.5. The molecule has 5 rings (SSSR count). The Morgan fingerprint density at radius 3 is 2.36 bits per heavy atom. The van der Waals surface area contributed by atoms with Crippen molar-refractivity contribution in [3.05, 3.63) is 65.8 Å². The van der Waals surface area contributed by atoms with Gasteiger partial charge in [-0.25, -0.2) is 29.1 Å². The van der Waals surface area contributed by atoms with Gasteiger partial charge in [0.1, 0.15) is 22.6 Å². The van der Waals surface area contributed by atoms with E-state index in [9.17, 15) is 14.7 Å². The van der Waals surface area contributed by atoms with Gasteiger partial charge >= 0.3 is 6.09 Å². The Labute approximate surface area is 244 Å². The first kappa shape index (κ1) is 28.7. The number of nitrogens with zero attached hydrogens (tertiary/aromatic N) is 7. The van der Waals surface area contributed by atoms with E-state index in [1.807, 2.05) is 19.1 Å². The van der Waals surface area contributed by atoms with Crippen LogP contribution in [0.3, 0.4) is 0 Å². The zero-order valence-corrected chi connectivity index (χ0v) is 24.6. The third-order valence-electron chi connectivity index (χ3n) is 6.74. The van der Waals surface area contributed by atoms with Crippen molar-refractivity contribution < 1.29 is 23.8 Å². The minimum Gasteiger partial charge on any atom is -0.485 e. The van der Waals surface area contributed by atoms with Crippen LogP contribution >= 0.6 is 11.3 Å². The lowest BCUT2D eigenvalue weighted by Gasteiger charge is -2.30. The van der Waals surface area contributed by atoms with E-state index in [1.165, 1.54) is 40.9 Å². The van der Waals surface area contributed by atoms with Crippen molar-refractivity contribution in [2.75, 3.05) is 19.0 Å². The topological polar surface area (TPSA) is 135 Å². The Morgan fingerprint density at radius 2 is 1.69 bits per heavy atom. The molecule has 42 heavy (non-hydrogen) atoms. The molecule has 11 nitrogen and oxygen atoms in total. The van der Waals surface area contributed by atoms with Crippen molar-refractivity contribution in [1.82, 2.24) is 29.8 Å². The highest BCUT2D eigenvalue weighted by Gasteiger charge is 2.29. The number of hydrogen-bond donors (Lipinski definition) is 1. The molecule has 0 aliphatic carbocycles. The fourth-order valence-corrected chi connectivity index (χ4v) is 5.43. The maximum absolute atomic E-state index is 15.2. The minimum absolute atomic E-state index is 0.0247. The molecule has 0 bridgehead atoms. The molecule has 0 aliphatic heterocycles. The van der Waals surface area contributed by atoms with Crippen molar-refractivity contribution in [1.29, 1.82) is 0 Å². The number of fused-ring (bicyclic) bond motifs is 2. The minimum atomic E-state index is -1.21. The standard InChI is InChI=1S/C29H28FN7O4S/c1-14-7-19(26-22(8-14)34-23(13-33-26)28(38)36(5)6)27-35-21-9-20(30)24(10-25(21)42-27)41-16(3)15(2)37(29(39)40)18-11-31-17(4)32-12-18/h7-13,15-16H,1-6H3,(H,39,40)/t15-,16+/m1/s1. The van der Waals surface area contributed by atoms with E-state index in [1.54, 1.807) is 40.9 Å². The molecular weight excluding hydrogens is 561 g/mol. The van der Waals surface area contributed by atoms with E-state index >= 15 is 4.39 Å². The number of carboxylic acid groups (broad SMARTS) is 1. The van der Waals surface area contributed by atoms with Gasteiger partial charge in [-0.2, -0.15) is 0 Å². The number of benzene rings is 2. The molecule has 2 atom stereocenters. The third-order valence-corrected chi connectivity index (χ3v) is 7.79. The lowest BCUT2D eigenvalue weighted by molar-refractivity contribution is 0.0822. The van der Waals surface area contributed by atoms with E-state index in [2.05, 4.69) is 24.9 Å². The van der Waals surface area contributed by atoms with Crippen LogP contribution in [0.25, 0.3) is 31.8 Å². The van der Waals surface area contributed by atoms with Gasteiger partial charge in [0.2, 0.25) is 0 Å². The zero-order chi connectivity index (χ0) is 30.3. The second-order valence-corrected chi connectivity index (χ2v) is 11.1. The van der Waals surface area contributed by atoms with Gasteiger partial charge in [-0.05, 0) is 45.4 Å². The van der Waals surface area contributed by atoms with Gasteiger partial charge in [0.15, 0.2) is 11.6 Å². The first-order valence-electron chi connectivity index (χ1n) is 13.0. The second kappa shape index (κ2) is 11.2. The zero-order valence-electron chi connectivity index (χ0n) is 23.8. The Bertz CT molecular complexity index is 1830. The van der Waals surface area contributed by atoms with E-state index in [4.69, 9.17) is 4.74 Å². The summed E-state index contributed by atoms with van der Waals surface area (Å²) in [6.45, 7) is 6.95. The molecule has 3 heterocycles. The highest BCUT2D eigenvalue weighted by molar-refractivity contribution is 7.21. The highest BCUT2D eigenvalue weighted by Crippen LogP contribution is 2.37. The maximum atomic E-state index is 15.2. The number of aromatic nitrogens is 5. The fraction of sp³-hybridized carbons (Fsp3) is 0.276. The van der Waals surface area contributed by atoms with E-state index in [0.29, 0.717) is 37.6 Å². The summed E-state index contributed by atoms with van der Waals surface area (Å²) in [6, 6.07) is 5.94. The molecule has 0 spiro atoms. The van der Waals surface area contributed by atoms with E-state index in [-0.39, 0.29) is 23.0 Å². The van der Waals surface area contributed by atoms with Crippen molar-refractivity contribution in [3.8, 4) is 16.3 Å². The number of halogens is 1. The molecule has 2 amide bonds. The smallest absolute Gasteiger partial charge is 0.412 e. The fourth-order valence-electron chi connectivity index (χ4n) is 4.43. The van der Waals surface area contributed by atoms with Gasteiger partial charge in [-0.15, -0.1) is 11.3 Å². The molecule has 1 N–H and O–H groups in total. The van der Waals surface area contributed by atoms with Gasteiger partial charge in [-0.1, -0.05) is 0 Å². The number of carbonyl (C=O) groups is 2. The average molecular weight is 590 g/mol. The molecule has 0 fully saturated rings. The second-order valence-electron chi connectivity index (χ2n) is 10.1. The molecule has 0 saturated heterocycles. The van der Waals surface area contributed by atoms with Crippen LogP contribution in [-0.4, -0.2) is 73.2 Å². The Balaban J connectivity index is 1.46. The number of carbonyl (C=O) groups excluding carboxylic acids is 1. The number of rotatable bonds is 7. The molecule has 0 aliphatic rings. The Hall–Kier alpha value is -4.78. The number of hydrogen-bond acceptors (Lipinski definition) is 9. The predicted octanol–water partition coefficient (Wildman–Crippen LogP) is 5.49. The average Bonchev–Trinajstić information content (AvgIpc) is 3.35. The van der Waals surface area contributed by atoms with E-state index < -0.39 is 24.1 Å². The molecule has 3 aromatic heterocycles. The summed E-state index contributed by atoms with van der Waals surface area (Å²) in [4.78, 5) is 48.9. The molecule has 0 unspecified atom stereocenters. The summed E-state index contributed by atoms with van der Waals surface area (Å²) in [5.74, 6) is -0.393. The van der Waals surface area contributed by atoms with Gasteiger partial charge in [0, 0.05) is 31.8 Å². The lowest BCUT2D eigenvalue weighted by Crippen LogP contribution is -2.46. The number of ether oxygens (including phenoxy) is 1. The van der Waals surface area contributed by atoms with Crippen LogP contribution < -0.4 is 9.64 Å². The van der Waals surface area contributed by atoms with Gasteiger partial charge in [0.05, 0.1) is 51.6 Å². The van der Waals surface area contributed by atoms with Gasteiger partial charge < -0.3 is 14.7 Å². The first-order chi connectivity index (χ1) is 19.9. The quantitative estimate of drug-likeness (QED) is 0.261. The largest absolute Gasteiger partial charge is 0.485 e. The van der Waals surface area contributed by atoms with Crippen LogP contribution in [-0.2, 0) is 0 Å². The van der Waals surface area contributed by atoms with Crippen LogP contribution in [0.2, 0.25) is 0 Å².